The van der Waals surface area contributed by atoms with Crippen molar-refractivity contribution in [1.29, 1.82) is 0 Å². The van der Waals surface area contributed by atoms with Gasteiger partial charge in [0.05, 0.1) is 35.6 Å². The topological polar surface area (TPSA) is 96.0 Å². The van der Waals surface area contributed by atoms with Crippen LogP contribution in [0.15, 0.2) is 73.2 Å². The van der Waals surface area contributed by atoms with E-state index in [-0.39, 0.29) is 5.82 Å². The third-order valence-corrected chi connectivity index (χ3v) is 5.44. The van der Waals surface area contributed by atoms with Gasteiger partial charge in [0.15, 0.2) is 5.82 Å². The summed E-state index contributed by atoms with van der Waals surface area (Å²) in [6, 6.07) is 14.5. The van der Waals surface area contributed by atoms with Crippen LogP contribution in [0, 0.1) is 5.82 Å². The van der Waals surface area contributed by atoms with E-state index >= 15 is 0 Å². The Morgan fingerprint density at radius 1 is 1.06 bits per heavy atom. The number of esters is 1. The summed E-state index contributed by atoms with van der Waals surface area (Å²) in [5, 5.41) is 7.20. The quantitative estimate of drug-likeness (QED) is 0.405. The molecule has 0 saturated carbocycles. The lowest BCUT2D eigenvalue weighted by Crippen LogP contribution is -2.17. The fraction of sp³-hybridized carbons (Fsp3) is 0.0833. The maximum Gasteiger partial charge on any atom is 0.337 e. The predicted molar refractivity (Wildman–Crippen MR) is 123 cm³/mol. The van der Waals surface area contributed by atoms with Crippen molar-refractivity contribution in [3.05, 3.63) is 90.1 Å². The molecule has 5 rings (SSSR count). The number of amides is 1. The third-order valence-electron chi connectivity index (χ3n) is 5.44. The SMILES string of the molecule is COC(=O)c1ccc2c(c1)nc(NC(=O)c1cnn(-c3ccc(F)cc3)c1-n1cccc1)n2C. The van der Waals surface area contributed by atoms with Crippen molar-refractivity contribution in [2.75, 3.05) is 12.4 Å². The van der Waals surface area contributed by atoms with Gasteiger partial charge in [0.25, 0.3) is 5.91 Å². The second-order valence-electron chi connectivity index (χ2n) is 7.50. The zero-order valence-corrected chi connectivity index (χ0v) is 18.3. The van der Waals surface area contributed by atoms with Gasteiger partial charge in [-0.05, 0) is 54.6 Å². The molecule has 3 aromatic heterocycles. The number of imidazole rings is 1. The Morgan fingerprint density at radius 2 is 1.79 bits per heavy atom. The highest BCUT2D eigenvalue weighted by molar-refractivity contribution is 6.06. The first-order chi connectivity index (χ1) is 16.5. The molecule has 0 atom stereocenters. The number of nitrogens with one attached hydrogen (secondary N) is 1. The van der Waals surface area contributed by atoms with Crippen molar-refractivity contribution >= 4 is 28.9 Å². The van der Waals surface area contributed by atoms with E-state index in [2.05, 4.69) is 15.4 Å². The lowest BCUT2D eigenvalue weighted by molar-refractivity contribution is 0.0600. The van der Waals surface area contributed by atoms with E-state index in [9.17, 15) is 14.0 Å². The van der Waals surface area contributed by atoms with E-state index in [1.165, 1.54) is 25.4 Å². The summed E-state index contributed by atoms with van der Waals surface area (Å²) in [6.07, 6.45) is 5.03. The van der Waals surface area contributed by atoms with Gasteiger partial charge in [0.1, 0.15) is 11.4 Å². The lowest BCUT2D eigenvalue weighted by Gasteiger charge is -2.11. The van der Waals surface area contributed by atoms with Crippen LogP contribution in [0.4, 0.5) is 10.3 Å². The maximum absolute atomic E-state index is 13.4. The van der Waals surface area contributed by atoms with Gasteiger partial charge in [0.2, 0.25) is 5.95 Å². The fourth-order valence-electron chi connectivity index (χ4n) is 3.72. The molecule has 2 aromatic carbocycles. The van der Waals surface area contributed by atoms with E-state index in [4.69, 9.17) is 4.74 Å². The van der Waals surface area contributed by atoms with Crippen LogP contribution >= 0.6 is 0 Å². The molecule has 0 aliphatic heterocycles. The van der Waals surface area contributed by atoms with Gasteiger partial charge in [-0.1, -0.05) is 0 Å². The summed E-state index contributed by atoms with van der Waals surface area (Å²) < 4.78 is 23.2. The molecule has 1 amide bonds. The molecule has 0 saturated heterocycles. The molecule has 34 heavy (non-hydrogen) atoms. The molecular formula is C24H19FN6O3. The van der Waals surface area contributed by atoms with Crippen molar-refractivity contribution in [2.24, 2.45) is 7.05 Å². The average molecular weight is 458 g/mol. The number of fused-ring (bicyclic) bond motifs is 1. The second-order valence-corrected chi connectivity index (χ2v) is 7.50. The number of anilines is 1. The van der Waals surface area contributed by atoms with Crippen molar-refractivity contribution in [2.45, 2.75) is 0 Å². The van der Waals surface area contributed by atoms with Gasteiger partial charge in [-0.3, -0.25) is 10.1 Å². The summed E-state index contributed by atoms with van der Waals surface area (Å²) in [7, 11) is 3.07. The first-order valence-corrected chi connectivity index (χ1v) is 10.3. The number of aryl methyl sites for hydroxylation is 1. The third kappa shape index (κ3) is 3.60. The normalized spacial score (nSPS) is 11.0. The number of methoxy groups -OCH3 is 1. The summed E-state index contributed by atoms with van der Waals surface area (Å²) in [6.45, 7) is 0. The number of carbonyl (C=O) groups excluding carboxylic acids is 2. The number of benzene rings is 2. The minimum atomic E-state index is -0.470. The van der Waals surface area contributed by atoms with E-state index in [1.807, 2.05) is 12.1 Å². The molecule has 0 aliphatic carbocycles. The van der Waals surface area contributed by atoms with Crippen molar-refractivity contribution in [3.63, 3.8) is 0 Å². The molecule has 0 unspecified atom stereocenters. The number of halogens is 1. The van der Waals surface area contributed by atoms with Gasteiger partial charge in [-0.2, -0.15) is 5.10 Å². The van der Waals surface area contributed by atoms with Gasteiger partial charge < -0.3 is 13.9 Å². The Kier molecular flexibility index (Phi) is 5.17. The second kappa shape index (κ2) is 8.32. The number of rotatable bonds is 5. The molecule has 0 bridgehead atoms. The number of carbonyl (C=O) groups is 2. The molecule has 0 fully saturated rings. The summed E-state index contributed by atoms with van der Waals surface area (Å²) in [4.78, 5) is 29.6. The predicted octanol–water partition coefficient (Wildman–Crippen LogP) is 3.73. The molecule has 3 heterocycles. The molecule has 10 heteroatoms. The van der Waals surface area contributed by atoms with Gasteiger partial charge >= 0.3 is 5.97 Å². The minimum absolute atomic E-state index is 0.294. The smallest absolute Gasteiger partial charge is 0.337 e. The van der Waals surface area contributed by atoms with E-state index < -0.39 is 11.9 Å². The monoisotopic (exact) mass is 458 g/mol. The first kappa shape index (κ1) is 21.1. The van der Waals surface area contributed by atoms with Crippen molar-refractivity contribution in [3.8, 4) is 11.5 Å². The van der Waals surface area contributed by atoms with E-state index in [1.54, 1.807) is 63.6 Å². The number of hydrogen-bond donors (Lipinski definition) is 1. The van der Waals surface area contributed by atoms with Crippen molar-refractivity contribution in [1.82, 2.24) is 23.9 Å². The molecular weight excluding hydrogens is 439 g/mol. The Labute approximate surface area is 193 Å². The fourth-order valence-corrected chi connectivity index (χ4v) is 3.72. The number of aromatic nitrogens is 5. The molecule has 0 radical (unpaired) electrons. The van der Waals surface area contributed by atoms with Gasteiger partial charge in [0, 0.05) is 19.4 Å². The van der Waals surface area contributed by atoms with Crippen LogP contribution in [-0.2, 0) is 11.8 Å². The van der Waals surface area contributed by atoms with Crippen molar-refractivity contribution < 1.29 is 18.7 Å². The van der Waals surface area contributed by atoms with Gasteiger partial charge in [-0.15, -0.1) is 0 Å². The summed E-state index contributed by atoms with van der Waals surface area (Å²) in [5.41, 5.74) is 2.52. The highest BCUT2D eigenvalue weighted by atomic mass is 19.1. The van der Waals surface area contributed by atoms with E-state index in [0.29, 0.717) is 34.1 Å². The highest BCUT2D eigenvalue weighted by Gasteiger charge is 2.22. The average Bonchev–Trinajstić information content (AvgIpc) is 3.58. The molecule has 9 nitrogen and oxygen atoms in total. The van der Waals surface area contributed by atoms with Gasteiger partial charge in [-0.25, -0.2) is 18.9 Å². The Hall–Kier alpha value is -4.73. The maximum atomic E-state index is 13.4. The molecule has 5 aromatic rings. The largest absolute Gasteiger partial charge is 0.465 e. The van der Waals surface area contributed by atoms with E-state index in [0.717, 1.165) is 5.52 Å². The van der Waals surface area contributed by atoms with Crippen LogP contribution in [0.25, 0.3) is 22.5 Å². The molecule has 0 spiro atoms. The van der Waals surface area contributed by atoms with Crippen LogP contribution in [0.3, 0.4) is 0 Å². The zero-order chi connectivity index (χ0) is 23.8. The molecule has 0 aliphatic rings. The van der Waals surface area contributed by atoms with Crippen LogP contribution in [-0.4, -0.2) is 42.9 Å². The van der Waals surface area contributed by atoms with Crippen LogP contribution in [0.1, 0.15) is 20.7 Å². The number of nitrogens with zero attached hydrogens (tertiary/aromatic N) is 5. The van der Waals surface area contributed by atoms with Crippen LogP contribution in [0.2, 0.25) is 0 Å². The Morgan fingerprint density at radius 3 is 2.50 bits per heavy atom. The standard InChI is InChI=1S/C24H19FN6O3/c1-29-20-10-5-15(23(33)34-2)13-19(20)27-24(29)28-21(32)18-14-26-31(17-8-6-16(25)7-9-17)22(18)30-11-3-4-12-30/h3-14H,1-2H3,(H,27,28,32). The number of hydrogen-bond acceptors (Lipinski definition) is 5. The minimum Gasteiger partial charge on any atom is -0.465 e. The van der Waals surface area contributed by atoms with Crippen LogP contribution < -0.4 is 5.32 Å². The lowest BCUT2D eigenvalue weighted by atomic mass is 10.2. The highest BCUT2D eigenvalue weighted by Crippen LogP contribution is 2.24. The molecule has 170 valence electrons. The van der Waals surface area contributed by atoms with Crippen LogP contribution in [0.5, 0.6) is 0 Å². The zero-order valence-electron chi connectivity index (χ0n) is 18.3. The Bertz CT molecular complexity index is 1520. The number of ether oxygens (including phenoxy) is 1. The molecule has 1 N–H and O–H groups in total. The first-order valence-electron chi connectivity index (χ1n) is 10.3. The summed E-state index contributed by atoms with van der Waals surface area (Å²) >= 11 is 0. The summed E-state index contributed by atoms with van der Waals surface area (Å²) in [5.74, 6) is -0.476. The Balaban J connectivity index is 1.53.